The van der Waals surface area contributed by atoms with Crippen LogP contribution in [-0.4, -0.2) is 58.3 Å². The van der Waals surface area contributed by atoms with Crippen molar-refractivity contribution >= 4 is 11.8 Å². The molecular weight excluding hydrogens is 544 g/mol. The monoisotopic (exact) mass is 600 g/mol. The molecule has 0 aromatic carbocycles. The van der Waals surface area contributed by atoms with Crippen LogP contribution >= 0.6 is 0 Å². The SMILES string of the molecule is CC1(C)CC[C@]2(C(=O)OC3CC(O)CC(CO)O3)[C@H](O)C[C@]3(C)C(=CC[C@@H]4[C@@]5(C)CCC(=O)C(C)(C)[C@@H]5CC[C@]43C)[C@@H]2C1. The number of esters is 1. The molecule has 0 aromatic rings. The van der Waals surface area contributed by atoms with Gasteiger partial charge >= 0.3 is 5.97 Å². The molecule has 11 atom stereocenters. The van der Waals surface area contributed by atoms with Crippen molar-refractivity contribution in [3.63, 3.8) is 0 Å². The normalized spacial score (nSPS) is 50.3. The minimum atomic E-state index is -1.06. The third kappa shape index (κ3) is 4.41. The molecule has 1 heterocycles. The Labute approximate surface area is 258 Å². The summed E-state index contributed by atoms with van der Waals surface area (Å²) in [6, 6.07) is 0. The van der Waals surface area contributed by atoms with Crippen LogP contribution in [0.15, 0.2) is 11.6 Å². The molecule has 0 aromatic heterocycles. The van der Waals surface area contributed by atoms with E-state index < -0.39 is 36.0 Å². The van der Waals surface area contributed by atoms with E-state index in [0.717, 1.165) is 38.5 Å². The maximum absolute atomic E-state index is 14.4. The van der Waals surface area contributed by atoms with Crippen molar-refractivity contribution in [2.24, 2.45) is 50.2 Å². The van der Waals surface area contributed by atoms with Gasteiger partial charge in [0.05, 0.1) is 24.9 Å². The lowest BCUT2D eigenvalue weighted by molar-refractivity contribution is -0.244. The highest BCUT2D eigenvalue weighted by Crippen LogP contribution is 2.75. The Hall–Kier alpha value is -1.28. The zero-order valence-electron chi connectivity index (χ0n) is 27.6. The van der Waals surface area contributed by atoms with Crippen LogP contribution in [0.5, 0.6) is 0 Å². The van der Waals surface area contributed by atoms with Gasteiger partial charge in [0, 0.05) is 24.7 Å². The topological polar surface area (TPSA) is 113 Å². The van der Waals surface area contributed by atoms with Crippen molar-refractivity contribution in [2.45, 2.75) is 144 Å². The molecule has 6 aliphatic rings. The molecule has 1 saturated heterocycles. The van der Waals surface area contributed by atoms with E-state index in [1.54, 1.807) is 0 Å². The summed E-state index contributed by atoms with van der Waals surface area (Å²) in [7, 11) is 0. The Morgan fingerprint density at radius 3 is 2.40 bits per heavy atom. The first-order valence-electron chi connectivity index (χ1n) is 17.0. The lowest BCUT2D eigenvalue weighted by Gasteiger charge is -2.71. The molecule has 5 aliphatic carbocycles. The molecule has 1 aliphatic heterocycles. The molecule has 7 nitrogen and oxygen atoms in total. The van der Waals surface area contributed by atoms with Gasteiger partial charge in [-0.25, -0.2) is 0 Å². The van der Waals surface area contributed by atoms with Gasteiger partial charge in [-0.05, 0) is 90.8 Å². The molecule has 4 saturated carbocycles. The van der Waals surface area contributed by atoms with Gasteiger partial charge in [0.15, 0.2) is 0 Å². The maximum Gasteiger partial charge on any atom is 0.317 e. The number of aliphatic hydroxyl groups is 3. The van der Waals surface area contributed by atoms with Crippen LogP contribution in [0.2, 0.25) is 0 Å². The zero-order valence-corrected chi connectivity index (χ0v) is 27.6. The third-order valence-corrected chi connectivity index (χ3v) is 14.6. The smallest absolute Gasteiger partial charge is 0.317 e. The van der Waals surface area contributed by atoms with Gasteiger partial charge in [-0.3, -0.25) is 9.59 Å². The summed E-state index contributed by atoms with van der Waals surface area (Å²) in [5, 5.41) is 32.3. The van der Waals surface area contributed by atoms with Gasteiger partial charge < -0.3 is 24.8 Å². The molecule has 0 amide bonds. The number of carbonyl (C=O) groups is 2. The van der Waals surface area contributed by atoms with E-state index in [1.807, 2.05) is 0 Å². The van der Waals surface area contributed by atoms with Crippen LogP contribution in [0.25, 0.3) is 0 Å². The molecule has 7 heteroatoms. The Morgan fingerprint density at radius 1 is 0.977 bits per heavy atom. The standard InChI is InChI=1S/C36H56O7/c1-31(2)14-15-36(30(41)43-29-17-21(38)16-22(20-37)42-29)24(18-31)23-8-9-26-33(5)12-11-27(39)32(3,4)25(33)10-13-34(26,6)35(23,7)19-28(36)40/h8,21-22,24-26,28-29,37-38,40H,9-20H2,1-7H3/t21?,22?,24-,25-,26+,28+,29?,33-,34+,35+,36+/m0/s1. The van der Waals surface area contributed by atoms with Crippen molar-refractivity contribution in [2.75, 3.05) is 6.61 Å². The van der Waals surface area contributed by atoms with Crippen molar-refractivity contribution in [3.05, 3.63) is 11.6 Å². The van der Waals surface area contributed by atoms with Gasteiger partial charge in [-0.2, -0.15) is 0 Å². The summed E-state index contributed by atoms with van der Waals surface area (Å²) in [4.78, 5) is 27.4. The van der Waals surface area contributed by atoms with E-state index >= 15 is 0 Å². The molecule has 3 N–H and O–H groups in total. The largest absolute Gasteiger partial charge is 0.435 e. The highest BCUT2D eigenvalue weighted by atomic mass is 16.7. The second kappa shape index (κ2) is 10.1. The van der Waals surface area contributed by atoms with Crippen molar-refractivity contribution < 1.29 is 34.4 Å². The summed E-state index contributed by atoms with van der Waals surface area (Å²) >= 11 is 0. The molecule has 0 radical (unpaired) electrons. The Bertz CT molecular complexity index is 1190. The predicted octanol–water partition coefficient (Wildman–Crippen LogP) is 5.73. The Morgan fingerprint density at radius 2 is 1.70 bits per heavy atom. The number of ether oxygens (including phenoxy) is 2. The lowest BCUT2D eigenvalue weighted by Crippen LogP contribution is -2.67. The van der Waals surface area contributed by atoms with Crippen LogP contribution in [0.1, 0.15) is 119 Å². The summed E-state index contributed by atoms with van der Waals surface area (Å²) < 4.78 is 11.9. The van der Waals surface area contributed by atoms with Gasteiger partial charge in [0.1, 0.15) is 11.2 Å². The average molecular weight is 601 g/mol. The van der Waals surface area contributed by atoms with Crippen molar-refractivity contribution in [1.29, 1.82) is 0 Å². The second-order valence-electron chi connectivity index (χ2n) is 17.5. The zero-order chi connectivity index (χ0) is 31.4. The van der Waals surface area contributed by atoms with E-state index in [2.05, 4.69) is 54.5 Å². The van der Waals surface area contributed by atoms with E-state index in [-0.39, 0.29) is 46.0 Å². The number of allylic oxidation sites excluding steroid dienone is 2. The number of fused-ring (bicyclic) bond motifs is 7. The first-order chi connectivity index (χ1) is 19.9. The Kier molecular flexibility index (Phi) is 7.45. The van der Waals surface area contributed by atoms with Crippen LogP contribution in [0, 0.1) is 50.2 Å². The van der Waals surface area contributed by atoms with Crippen LogP contribution in [0.4, 0.5) is 0 Å². The number of Topliss-reactive ketones (excluding diaryl/α,β-unsaturated/α-hetero) is 1. The van der Waals surface area contributed by atoms with Crippen LogP contribution in [0.3, 0.4) is 0 Å². The number of hydrogen-bond donors (Lipinski definition) is 3. The van der Waals surface area contributed by atoms with Crippen LogP contribution < -0.4 is 0 Å². The predicted molar refractivity (Wildman–Crippen MR) is 163 cm³/mol. The quantitative estimate of drug-likeness (QED) is 0.280. The van der Waals surface area contributed by atoms with E-state index in [0.29, 0.717) is 43.3 Å². The minimum absolute atomic E-state index is 0.0158. The number of hydrogen-bond acceptors (Lipinski definition) is 7. The fourth-order valence-electron chi connectivity index (χ4n) is 11.9. The minimum Gasteiger partial charge on any atom is -0.435 e. The maximum atomic E-state index is 14.4. The molecule has 0 bridgehead atoms. The number of carbonyl (C=O) groups excluding carboxylic acids is 2. The van der Waals surface area contributed by atoms with E-state index in [1.165, 1.54) is 5.57 Å². The molecule has 242 valence electrons. The summed E-state index contributed by atoms with van der Waals surface area (Å²) in [6.07, 6.45) is 7.05. The van der Waals surface area contributed by atoms with Crippen molar-refractivity contribution in [1.82, 2.24) is 0 Å². The molecule has 0 spiro atoms. The fourth-order valence-corrected chi connectivity index (χ4v) is 11.9. The molecule has 3 unspecified atom stereocenters. The Balaban J connectivity index is 1.38. The highest BCUT2D eigenvalue weighted by molar-refractivity contribution is 5.85. The highest BCUT2D eigenvalue weighted by Gasteiger charge is 2.71. The van der Waals surface area contributed by atoms with Crippen molar-refractivity contribution in [3.8, 4) is 0 Å². The fraction of sp³-hybridized carbons (Fsp3) is 0.889. The van der Waals surface area contributed by atoms with Gasteiger partial charge in [-0.15, -0.1) is 0 Å². The number of rotatable bonds is 3. The third-order valence-electron chi connectivity index (χ3n) is 14.6. The molecule has 6 rings (SSSR count). The second-order valence-corrected chi connectivity index (χ2v) is 17.5. The first kappa shape index (κ1) is 31.7. The molecular formula is C36H56O7. The van der Waals surface area contributed by atoms with Gasteiger partial charge in [0.2, 0.25) is 6.29 Å². The lowest BCUT2D eigenvalue weighted by atomic mass is 9.33. The number of ketones is 1. The summed E-state index contributed by atoms with van der Waals surface area (Å²) in [6.45, 7) is 15.9. The molecule has 5 fully saturated rings. The summed E-state index contributed by atoms with van der Waals surface area (Å²) in [5.41, 5.74) is -0.345. The van der Waals surface area contributed by atoms with E-state index in [9.17, 15) is 24.9 Å². The van der Waals surface area contributed by atoms with Gasteiger partial charge in [-0.1, -0.05) is 60.1 Å². The van der Waals surface area contributed by atoms with Gasteiger partial charge in [0.25, 0.3) is 0 Å². The van der Waals surface area contributed by atoms with E-state index in [4.69, 9.17) is 9.47 Å². The summed E-state index contributed by atoms with van der Waals surface area (Å²) in [5.74, 6) is 0.581. The average Bonchev–Trinajstić information content (AvgIpc) is 2.90. The molecule has 43 heavy (non-hydrogen) atoms. The van der Waals surface area contributed by atoms with Crippen LogP contribution in [-0.2, 0) is 19.1 Å². The number of aliphatic hydroxyl groups excluding tert-OH is 3. The first-order valence-corrected chi connectivity index (χ1v) is 17.0.